The Morgan fingerprint density at radius 1 is 1.10 bits per heavy atom. The van der Waals surface area contributed by atoms with Gasteiger partial charge in [-0.05, 0) is 77.1 Å². The topological polar surface area (TPSA) is 87.7 Å². The van der Waals surface area contributed by atoms with E-state index in [2.05, 4.69) is 15.3 Å². The number of para-hydroxylation sites is 1. The average Bonchev–Trinajstić information content (AvgIpc) is 2.82. The van der Waals surface area contributed by atoms with E-state index in [9.17, 15) is 9.59 Å². The maximum atomic E-state index is 14.1. The van der Waals surface area contributed by atoms with E-state index in [-0.39, 0.29) is 12.6 Å². The van der Waals surface area contributed by atoms with Gasteiger partial charge < -0.3 is 10.1 Å². The minimum Gasteiger partial charge on any atom is -0.444 e. The third-order valence-corrected chi connectivity index (χ3v) is 7.00. The van der Waals surface area contributed by atoms with Crippen LogP contribution in [0.2, 0.25) is 10.0 Å². The molecule has 3 aromatic rings. The molecule has 3 amide bonds. The Balaban J connectivity index is 1.71. The van der Waals surface area contributed by atoms with Crippen LogP contribution in [0.5, 0.6) is 0 Å². The Morgan fingerprint density at radius 2 is 1.77 bits per heavy atom. The minimum absolute atomic E-state index is 0.218. The highest BCUT2D eigenvalue weighted by atomic mass is 35.5. The van der Waals surface area contributed by atoms with Crippen molar-refractivity contribution in [3.8, 4) is 0 Å². The van der Waals surface area contributed by atoms with Gasteiger partial charge in [0.1, 0.15) is 5.60 Å². The number of alkyl carbamates (subject to hydrolysis) is 1. The first-order valence-electron chi connectivity index (χ1n) is 12.3. The van der Waals surface area contributed by atoms with Gasteiger partial charge >= 0.3 is 12.1 Å². The lowest BCUT2D eigenvalue weighted by Gasteiger charge is -2.37. The summed E-state index contributed by atoms with van der Waals surface area (Å²) in [6.45, 7) is 9.52. The molecule has 0 saturated heterocycles. The number of thioether (sulfide) groups is 1. The summed E-state index contributed by atoms with van der Waals surface area (Å²) in [4.78, 5) is 38.7. The van der Waals surface area contributed by atoms with Crippen molar-refractivity contribution in [3.05, 3.63) is 69.8 Å². The van der Waals surface area contributed by atoms with Gasteiger partial charge in [-0.1, -0.05) is 53.2 Å². The van der Waals surface area contributed by atoms with Crippen molar-refractivity contribution in [2.24, 2.45) is 0 Å². The molecular formula is C28H31Cl2N5O3S. The van der Waals surface area contributed by atoms with Gasteiger partial charge in [-0.3, -0.25) is 4.90 Å². The molecule has 0 unspecified atom stereocenters. The summed E-state index contributed by atoms with van der Waals surface area (Å²) >= 11 is 14.4. The summed E-state index contributed by atoms with van der Waals surface area (Å²) in [5.74, 6) is 0.502. The number of carbonyl (C=O) groups is 2. The predicted molar refractivity (Wildman–Crippen MR) is 158 cm³/mol. The molecule has 2 aromatic carbocycles. The summed E-state index contributed by atoms with van der Waals surface area (Å²) in [6, 6.07) is 12.4. The molecule has 0 atom stereocenters. The smallest absolute Gasteiger partial charge is 0.408 e. The van der Waals surface area contributed by atoms with Gasteiger partial charge in [0.15, 0.2) is 11.0 Å². The quantitative estimate of drug-likeness (QED) is 0.235. The van der Waals surface area contributed by atoms with Crippen molar-refractivity contribution in [3.63, 3.8) is 0 Å². The number of hydrogen-bond donors (Lipinski definition) is 1. The van der Waals surface area contributed by atoms with E-state index in [0.717, 1.165) is 11.1 Å². The molecule has 206 valence electrons. The van der Waals surface area contributed by atoms with E-state index in [1.54, 1.807) is 29.3 Å². The van der Waals surface area contributed by atoms with Gasteiger partial charge in [0, 0.05) is 17.3 Å². The molecule has 39 heavy (non-hydrogen) atoms. The number of amides is 3. The number of benzene rings is 2. The molecule has 0 bridgehead atoms. The van der Waals surface area contributed by atoms with Crippen LogP contribution in [0.25, 0.3) is 0 Å². The fraction of sp³-hybridized carbons (Fsp3) is 0.357. The number of halogens is 2. The molecule has 11 heteroatoms. The summed E-state index contributed by atoms with van der Waals surface area (Å²) in [7, 11) is 0. The zero-order chi connectivity index (χ0) is 28.5. The summed E-state index contributed by atoms with van der Waals surface area (Å²) in [5.41, 5.74) is 1.49. The molecule has 0 fully saturated rings. The normalized spacial score (nSPS) is 13.8. The molecule has 1 aliphatic rings. The number of nitrogens with zero attached hydrogens (tertiary/aromatic N) is 4. The van der Waals surface area contributed by atoms with Gasteiger partial charge in [0.05, 0.1) is 28.0 Å². The van der Waals surface area contributed by atoms with Crippen LogP contribution < -0.4 is 15.1 Å². The molecule has 1 aromatic heterocycles. The van der Waals surface area contributed by atoms with Crippen LogP contribution in [0.15, 0.2) is 53.8 Å². The minimum atomic E-state index is -0.615. The lowest BCUT2D eigenvalue weighted by atomic mass is 9.94. The number of ether oxygens (including phenoxy) is 1. The largest absolute Gasteiger partial charge is 0.444 e. The number of nitrogens with one attached hydrogen (secondary N) is 1. The van der Waals surface area contributed by atoms with Crippen LogP contribution in [0.1, 0.15) is 45.7 Å². The van der Waals surface area contributed by atoms with Crippen LogP contribution >= 0.6 is 35.0 Å². The Bertz CT molecular complexity index is 1390. The van der Waals surface area contributed by atoms with Crippen molar-refractivity contribution < 1.29 is 14.3 Å². The second-order valence-corrected chi connectivity index (χ2v) is 12.4. The van der Waals surface area contributed by atoms with Gasteiger partial charge in [0.2, 0.25) is 0 Å². The first-order valence-corrected chi connectivity index (χ1v) is 14.3. The van der Waals surface area contributed by atoms with E-state index < -0.39 is 17.2 Å². The zero-order valence-electron chi connectivity index (χ0n) is 22.7. The molecule has 8 nitrogen and oxygen atoms in total. The van der Waals surface area contributed by atoms with Crippen molar-refractivity contribution in [2.45, 2.75) is 63.9 Å². The third kappa shape index (κ3) is 6.77. The molecule has 0 spiro atoms. The standard InChI is InChI=1S/C28H31Cl2N5O3S/c1-27(2,3)38-25(36)33-28(4,5)14-17-9-7-10-19(13-17)35-23-18(15-31-24(32-23)39-6)16-34(26(35)37)22-20(29)11-8-12-21(22)30/h7-13,15H,14,16H2,1-6H3,(H,33,36). The van der Waals surface area contributed by atoms with Crippen molar-refractivity contribution in [1.82, 2.24) is 15.3 Å². The third-order valence-electron chi connectivity index (χ3n) is 5.83. The SMILES string of the molecule is CSc1ncc2c(n1)N(c1cccc(CC(C)(C)NC(=O)OC(C)(C)C)c1)C(=O)N(c1c(Cl)cccc1Cl)C2. The lowest BCUT2D eigenvalue weighted by Crippen LogP contribution is -2.47. The first-order chi connectivity index (χ1) is 18.3. The number of rotatable bonds is 6. The van der Waals surface area contributed by atoms with Crippen LogP contribution in [0, 0.1) is 0 Å². The molecule has 0 radical (unpaired) electrons. The molecule has 0 saturated carbocycles. The number of urea groups is 1. The highest BCUT2D eigenvalue weighted by Crippen LogP contribution is 2.41. The maximum absolute atomic E-state index is 14.1. The Kier molecular flexibility index (Phi) is 8.35. The monoisotopic (exact) mass is 587 g/mol. The fourth-order valence-corrected chi connectivity index (χ4v) is 5.27. The highest BCUT2D eigenvalue weighted by molar-refractivity contribution is 7.98. The number of carbonyl (C=O) groups excluding carboxylic acids is 2. The summed E-state index contributed by atoms with van der Waals surface area (Å²) in [5, 5.41) is 4.22. The Labute approximate surface area is 243 Å². The van der Waals surface area contributed by atoms with Gasteiger partial charge in [-0.15, -0.1) is 0 Å². The molecule has 1 N–H and O–H groups in total. The Morgan fingerprint density at radius 3 is 2.41 bits per heavy atom. The second-order valence-electron chi connectivity index (χ2n) is 10.8. The van der Waals surface area contributed by atoms with Crippen LogP contribution in [0.4, 0.5) is 26.8 Å². The first kappa shape index (κ1) is 29.0. The van der Waals surface area contributed by atoms with Crippen molar-refractivity contribution in [1.29, 1.82) is 0 Å². The molecule has 2 heterocycles. The van der Waals surface area contributed by atoms with Crippen LogP contribution in [-0.4, -0.2) is 39.5 Å². The summed E-state index contributed by atoms with van der Waals surface area (Å²) in [6.07, 6.45) is 3.61. The molecule has 0 aliphatic carbocycles. The van der Waals surface area contributed by atoms with E-state index in [0.29, 0.717) is 38.8 Å². The number of aromatic nitrogens is 2. The Hall–Kier alpha value is -3.01. The van der Waals surface area contributed by atoms with Crippen LogP contribution in [-0.2, 0) is 17.7 Å². The highest BCUT2D eigenvalue weighted by Gasteiger charge is 2.36. The van der Waals surface area contributed by atoms with E-state index in [1.807, 2.05) is 65.1 Å². The molecule has 1 aliphatic heterocycles. The number of hydrogen-bond acceptors (Lipinski definition) is 6. The number of fused-ring (bicyclic) bond motifs is 1. The number of anilines is 3. The van der Waals surface area contributed by atoms with Gasteiger partial charge in [-0.2, -0.15) is 0 Å². The summed E-state index contributed by atoms with van der Waals surface area (Å²) < 4.78 is 5.43. The van der Waals surface area contributed by atoms with E-state index in [1.165, 1.54) is 16.7 Å². The second kappa shape index (κ2) is 11.2. The van der Waals surface area contributed by atoms with Crippen molar-refractivity contribution in [2.75, 3.05) is 16.1 Å². The van der Waals surface area contributed by atoms with E-state index in [4.69, 9.17) is 27.9 Å². The fourth-order valence-electron chi connectivity index (χ4n) is 4.33. The van der Waals surface area contributed by atoms with Gasteiger partial charge in [-0.25, -0.2) is 24.5 Å². The van der Waals surface area contributed by atoms with Crippen LogP contribution in [0.3, 0.4) is 0 Å². The predicted octanol–water partition coefficient (Wildman–Crippen LogP) is 7.63. The van der Waals surface area contributed by atoms with E-state index >= 15 is 0 Å². The average molecular weight is 589 g/mol. The maximum Gasteiger partial charge on any atom is 0.408 e. The zero-order valence-corrected chi connectivity index (χ0v) is 25.0. The van der Waals surface area contributed by atoms with Crippen molar-refractivity contribution >= 4 is 64.3 Å². The lowest BCUT2D eigenvalue weighted by molar-refractivity contribution is 0.0472. The molecular weight excluding hydrogens is 557 g/mol. The molecule has 4 rings (SSSR count). The van der Waals surface area contributed by atoms with Gasteiger partial charge in [0.25, 0.3) is 0 Å².